The highest BCUT2D eigenvalue weighted by molar-refractivity contribution is 5.96. The summed E-state index contributed by atoms with van der Waals surface area (Å²) in [6, 6.07) is 14.6. The monoisotopic (exact) mass is 340 g/mol. The second-order valence-corrected chi connectivity index (χ2v) is 6.11. The molecule has 0 saturated carbocycles. The number of benzene rings is 2. The van der Waals surface area contributed by atoms with Crippen LogP contribution in [0.25, 0.3) is 0 Å². The van der Waals surface area contributed by atoms with E-state index in [1.54, 1.807) is 19.1 Å². The molecule has 5 nitrogen and oxygen atoms in total. The summed E-state index contributed by atoms with van der Waals surface area (Å²) in [6.07, 6.45) is 0.493. The molecule has 5 heteroatoms. The van der Waals surface area contributed by atoms with Gasteiger partial charge in [-0.15, -0.1) is 0 Å². The van der Waals surface area contributed by atoms with E-state index in [1.165, 1.54) is 0 Å². The van der Waals surface area contributed by atoms with Crippen molar-refractivity contribution in [1.29, 1.82) is 0 Å². The first kappa shape index (κ1) is 18.5. The first-order chi connectivity index (χ1) is 12.0. The molecule has 0 bridgehead atoms. The fraction of sp³-hybridized carbons (Fsp3) is 0.300. The van der Waals surface area contributed by atoms with Crippen LogP contribution >= 0.6 is 0 Å². The van der Waals surface area contributed by atoms with Gasteiger partial charge in [0.15, 0.2) is 0 Å². The molecule has 1 amide bonds. The highest BCUT2D eigenvalue weighted by Gasteiger charge is 2.12. The van der Waals surface area contributed by atoms with Crippen LogP contribution in [0.5, 0.6) is 0 Å². The van der Waals surface area contributed by atoms with Crippen LogP contribution < -0.4 is 10.6 Å². The van der Waals surface area contributed by atoms with E-state index in [-0.39, 0.29) is 11.9 Å². The Morgan fingerprint density at radius 3 is 2.28 bits per heavy atom. The van der Waals surface area contributed by atoms with Gasteiger partial charge in [0, 0.05) is 17.8 Å². The minimum absolute atomic E-state index is 0.00312. The molecule has 0 aliphatic heterocycles. The van der Waals surface area contributed by atoms with Crippen LogP contribution in [0.2, 0.25) is 0 Å². The number of hydrogen-bond donors (Lipinski definition) is 2. The Morgan fingerprint density at radius 1 is 1.00 bits per heavy atom. The van der Waals surface area contributed by atoms with Gasteiger partial charge in [0.2, 0.25) is 5.91 Å². The Bertz CT molecular complexity index is 724. The van der Waals surface area contributed by atoms with Gasteiger partial charge < -0.3 is 15.4 Å². The zero-order valence-corrected chi connectivity index (χ0v) is 14.8. The fourth-order valence-electron chi connectivity index (χ4n) is 2.35. The topological polar surface area (TPSA) is 67.4 Å². The van der Waals surface area contributed by atoms with Gasteiger partial charge in [-0.3, -0.25) is 4.79 Å². The summed E-state index contributed by atoms with van der Waals surface area (Å²) in [5.41, 5.74) is 2.73. The van der Waals surface area contributed by atoms with Gasteiger partial charge in [-0.1, -0.05) is 26.0 Å². The molecule has 0 atom stereocenters. The quantitative estimate of drug-likeness (QED) is 0.723. The fourth-order valence-corrected chi connectivity index (χ4v) is 2.35. The number of anilines is 3. The van der Waals surface area contributed by atoms with Crippen molar-refractivity contribution in [2.24, 2.45) is 5.92 Å². The van der Waals surface area contributed by atoms with E-state index in [4.69, 9.17) is 4.74 Å². The SMILES string of the molecule is CCOC(=O)c1ccccc1Nc1ccc(NC(=O)CC(C)C)cc1. The smallest absolute Gasteiger partial charge is 0.340 e. The average molecular weight is 340 g/mol. The van der Waals surface area contributed by atoms with Crippen LogP contribution in [0.15, 0.2) is 48.5 Å². The second-order valence-electron chi connectivity index (χ2n) is 6.11. The maximum absolute atomic E-state index is 12.0. The number of para-hydroxylation sites is 1. The van der Waals surface area contributed by atoms with Gasteiger partial charge in [-0.25, -0.2) is 4.79 Å². The van der Waals surface area contributed by atoms with Crippen molar-refractivity contribution in [3.63, 3.8) is 0 Å². The molecule has 2 rings (SSSR count). The molecule has 0 fully saturated rings. The van der Waals surface area contributed by atoms with Crippen LogP contribution in [0.1, 0.15) is 37.6 Å². The van der Waals surface area contributed by atoms with E-state index in [2.05, 4.69) is 10.6 Å². The summed E-state index contributed by atoms with van der Waals surface area (Å²) in [6.45, 7) is 6.12. The molecule has 0 aliphatic rings. The Morgan fingerprint density at radius 2 is 1.64 bits per heavy atom. The van der Waals surface area contributed by atoms with Gasteiger partial charge >= 0.3 is 5.97 Å². The van der Waals surface area contributed by atoms with E-state index in [0.717, 1.165) is 11.4 Å². The third-order valence-electron chi connectivity index (χ3n) is 3.46. The summed E-state index contributed by atoms with van der Waals surface area (Å²) >= 11 is 0. The molecule has 0 unspecified atom stereocenters. The average Bonchev–Trinajstić information content (AvgIpc) is 2.56. The van der Waals surface area contributed by atoms with Crippen LogP contribution in [-0.4, -0.2) is 18.5 Å². The van der Waals surface area contributed by atoms with E-state index in [0.29, 0.717) is 30.2 Å². The molecule has 2 aromatic rings. The normalized spacial score (nSPS) is 10.4. The highest BCUT2D eigenvalue weighted by atomic mass is 16.5. The zero-order valence-electron chi connectivity index (χ0n) is 14.8. The lowest BCUT2D eigenvalue weighted by Crippen LogP contribution is -2.13. The molecule has 0 aliphatic carbocycles. The number of esters is 1. The highest BCUT2D eigenvalue weighted by Crippen LogP contribution is 2.23. The number of hydrogen-bond acceptors (Lipinski definition) is 4. The predicted molar refractivity (Wildman–Crippen MR) is 100 cm³/mol. The number of rotatable bonds is 7. The molecule has 25 heavy (non-hydrogen) atoms. The molecular weight excluding hydrogens is 316 g/mol. The standard InChI is InChI=1S/C20H24N2O3/c1-4-25-20(24)17-7-5-6-8-18(17)21-15-9-11-16(12-10-15)22-19(23)13-14(2)3/h5-12,14,21H,4,13H2,1-3H3,(H,22,23). The van der Waals surface area contributed by atoms with Crippen molar-refractivity contribution < 1.29 is 14.3 Å². The van der Waals surface area contributed by atoms with E-state index >= 15 is 0 Å². The number of nitrogens with one attached hydrogen (secondary N) is 2. The van der Waals surface area contributed by atoms with Crippen molar-refractivity contribution in [2.45, 2.75) is 27.2 Å². The van der Waals surface area contributed by atoms with Gasteiger partial charge in [0.05, 0.1) is 17.9 Å². The van der Waals surface area contributed by atoms with Gasteiger partial charge in [0.25, 0.3) is 0 Å². The lowest BCUT2D eigenvalue weighted by Gasteiger charge is -2.12. The summed E-state index contributed by atoms with van der Waals surface area (Å²) in [5, 5.41) is 6.08. The third-order valence-corrected chi connectivity index (χ3v) is 3.46. The van der Waals surface area contributed by atoms with Gasteiger partial charge in [-0.2, -0.15) is 0 Å². The summed E-state index contributed by atoms with van der Waals surface area (Å²) < 4.78 is 5.07. The van der Waals surface area contributed by atoms with Crippen molar-refractivity contribution in [3.05, 3.63) is 54.1 Å². The summed E-state index contributed by atoms with van der Waals surface area (Å²) in [4.78, 5) is 23.8. The van der Waals surface area contributed by atoms with Crippen molar-refractivity contribution in [2.75, 3.05) is 17.2 Å². The number of amides is 1. The molecule has 0 aromatic heterocycles. The van der Waals surface area contributed by atoms with Crippen LogP contribution in [0, 0.1) is 5.92 Å². The van der Waals surface area contributed by atoms with E-state index < -0.39 is 0 Å². The van der Waals surface area contributed by atoms with Gasteiger partial charge in [-0.05, 0) is 49.2 Å². The maximum atomic E-state index is 12.0. The summed E-state index contributed by atoms with van der Waals surface area (Å²) in [5.74, 6) is -0.0353. The molecule has 0 saturated heterocycles. The molecule has 0 spiro atoms. The molecule has 0 radical (unpaired) electrons. The first-order valence-electron chi connectivity index (χ1n) is 8.42. The first-order valence-corrected chi connectivity index (χ1v) is 8.42. The second kappa shape index (κ2) is 8.87. The largest absolute Gasteiger partial charge is 0.462 e. The Balaban J connectivity index is 2.07. The van der Waals surface area contributed by atoms with Gasteiger partial charge in [0.1, 0.15) is 0 Å². The number of carbonyl (C=O) groups is 2. The molecule has 0 heterocycles. The summed E-state index contributed by atoms with van der Waals surface area (Å²) in [7, 11) is 0. The maximum Gasteiger partial charge on any atom is 0.340 e. The number of ether oxygens (including phenoxy) is 1. The number of carbonyl (C=O) groups excluding carboxylic acids is 2. The molecule has 132 valence electrons. The van der Waals surface area contributed by atoms with Crippen molar-refractivity contribution >= 4 is 28.9 Å². The third kappa shape index (κ3) is 5.64. The van der Waals surface area contributed by atoms with E-state index in [1.807, 2.05) is 50.2 Å². The molecule has 2 N–H and O–H groups in total. The Labute approximate surface area is 148 Å². The van der Waals surface area contributed by atoms with Crippen LogP contribution in [0.3, 0.4) is 0 Å². The lowest BCUT2D eigenvalue weighted by molar-refractivity contribution is -0.116. The van der Waals surface area contributed by atoms with E-state index in [9.17, 15) is 9.59 Å². The lowest BCUT2D eigenvalue weighted by atomic mass is 10.1. The molecule has 2 aromatic carbocycles. The van der Waals surface area contributed by atoms with Crippen LogP contribution in [0.4, 0.5) is 17.1 Å². The van der Waals surface area contributed by atoms with Crippen molar-refractivity contribution in [1.82, 2.24) is 0 Å². The molecular formula is C20H24N2O3. The minimum Gasteiger partial charge on any atom is -0.462 e. The Hall–Kier alpha value is -2.82. The van der Waals surface area contributed by atoms with Crippen molar-refractivity contribution in [3.8, 4) is 0 Å². The zero-order chi connectivity index (χ0) is 18.2. The predicted octanol–water partition coefficient (Wildman–Crippen LogP) is 4.59. The Kier molecular flexibility index (Phi) is 6.57. The van der Waals surface area contributed by atoms with Crippen LogP contribution in [-0.2, 0) is 9.53 Å². The minimum atomic E-state index is -0.358.